The molecule has 0 aliphatic heterocycles. The lowest BCUT2D eigenvalue weighted by atomic mass is 10.1. The van der Waals surface area contributed by atoms with Crippen LogP contribution in [0.2, 0.25) is 0 Å². The molecule has 0 spiro atoms. The van der Waals surface area contributed by atoms with Crippen LogP contribution in [0.15, 0.2) is 29.2 Å². The van der Waals surface area contributed by atoms with Gasteiger partial charge < -0.3 is 5.32 Å². The fourth-order valence-corrected chi connectivity index (χ4v) is 3.69. The molecule has 0 amide bonds. The molecule has 1 heterocycles. The van der Waals surface area contributed by atoms with E-state index in [0.717, 1.165) is 22.7 Å². The van der Waals surface area contributed by atoms with Crippen molar-refractivity contribution >= 4 is 28.7 Å². The Kier molecular flexibility index (Phi) is 9.66. The van der Waals surface area contributed by atoms with E-state index in [1.807, 2.05) is 19.9 Å². The number of nitriles is 3. The van der Waals surface area contributed by atoms with E-state index >= 15 is 0 Å². The molecule has 0 aromatic carbocycles. The van der Waals surface area contributed by atoms with Crippen molar-refractivity contribution in [3.05, 3.63) is 38.9 Å². The van der Waals surface area contributed by atoms with Crippen LogP contribution in [-0.2, 0) is 0 Å². The lowest BCUT2D eigenvalue weighted by Gasteiger charge is -2.14. The first kappa shape index (κ1) is 21.0. The Morgan fingerprint density at radius 3 is 2.64 bits per heavy atom. The van der Waals surface area contributed by atoms with Gasteiger partial charge in [-0.05, 0) is 38.1 Å². The number of hydrogen-bond donors (Lipinski definition) is 1. The van der Waals surface area contributed by atoms with Crippen LogP contribution in [0.5, 0.6) is 0 Å². The number of thiophene rings is 1. The summed E-state index contributed by atoms with van der Waals surface area (Å²) in [5, 5.41) is 31.0. The predicted octanol–water partition coefficient (Wildman–Crippen LogP) is 4.69. The van der Waals surface area contributed by atoms with Crippen LogP contribution in [0.25, 0.3) is 5.57 Å². The summed E-state index contributed by atoms with van der Waals surface area (Å²) in [5.41, 5.74) is 0.539. The summed E-state index contributed by atoms with van der Waals surface area (Å²) >= 11 is 2.91. The van der Waals surface area contributed by atoms with Gasteiger partial charge in [-0.25, -0.2) is 0 Å². The van der Waals surface area contributed by atoms with Gasteiger partial charge >= 0.3 is 0 Å². The van der Waals surface area contributed by atoms with E-state index in [0.29, 0.717) is 17.0 Å². The standard InChI is InChI=1S/C19H22N4S2/c1-4-8-23-9-7-17(24-15(3)14(2)11-20)10-16(12-21)19-6-5-18(13-22)25-19/h5-7,10,14-15,23H,4,8-9H2,1-3H3/b16-10+,17-7-/t14?,15-/m1/s1. The molecule has 0 aliphatic carbocycles. The Hall–Kier alpha value is -2.04. The normalized spacial score (nSPS) is 14.2. The van der Waals surface area contributed by atoms with Crippen LogP contribution in [0.3, 0.4) is 0 Å². The van der Waals surface area contributed by atoms with E-state index in [-0.39, 0.29) is 11.2 Å². The monoisotopic (exact) mass is 370 g/mol. The predicted molar refractivity (Wildman–Crippen MR) is 106 cm³/mol. The molecule has 130 valence electrons. The topological polar surface area (TPSA) is 83.4 Å². The summed E-state index contributed by atoms with van der Waals surface area (Å²) in [6.07, 6.45) is 4.96. The summed E-state index contributed by atoms with van der Waals surface area (Å²) in [4.78, 5) is 2.33. The summed E-state index contributed by atoms with van der Waals surface area (Å²) < 4.78 is 0. The molecule has 1 aromatic rings. The molecule has 2 atom stereocenters. The highest BCUT2D eigenvalue weighted by Crippen LogP contribution is 2.31. The van der Waals surface area contributed by atoms with Crippen molar-refractivity contribution in [2.75, 3.05) is 13.1 Å². The number of nitrogens with zero attached hydrogens (tertiary/aromatic N) is 3. The molecule has 25 heavy (non-hydrogen) atoms. The Labute approximate surface area is 158 Å². The molecule has 6 heteroatoms. The highest BCUT2D eigenvalue weighted by atomic mass is 32.2. The molecule has 0 saturated carbocycles. The van der Waals surface area contributed by atoms with Gasteiger partial charge in [-0.3, -0.25) is 0 Å². The molecular weight excluding hydrogens is 348 g/mol. The van der Waals surface area contributed by atoms with Crippen molar-refractivity contribution in [3.8, 4) is 18.2 Å². The first-order chi connectivity index (χ1) is 12.0. The third kappa shape index (κ3) is 7.16. The van der Waals surface area contributed by atoms with E-state index < -0.39 is 0 Å². The molecule has 4 nitrogen and oxygen atoms in total. The van der Waals surface area contributed by atoms with E-state index in [1.54, 1.807) is 23.9 Å². The maximum atomic E-state index is 9.51. The van der Waals surface area contributed by atoms with Crippen LogP contribution in [0.4, 0.5) is 0 Å². The van der Waals surface area contributed by atoms with E-state index in [2.05, 4.69) is 36.5 Å². The molecule has 0 fully saturated rings. The average Bonchev–Trinajstić information content (AvgIpc) is 3.10. The Morgan fingerprint density at radius 2 is 2.08 bits per heavy atom. The Morgan fingerprint density at radius 1 is 1.32 bits per heavy atom. The zero-order valence-electron chi connectivity index (χ0n) is 14.7. The number of thioether (sulfide) groups is 1. The van der Waals surface area contributed by atoms with Crippen LogP contribution in [-0.4, -0.2) is 18.3 Å². The molecule has 0 bridgehead atoms. The van der Waals surface area contributed by atoms with Crippen LogP contribution in [0.1, 0.15) is 36.9 Å². The minimum atomic E-state index is -0.0807. The lowest BCUT2D eigenvalue weighted by Crippen LogP contribution is -2.14. The summed E-state index contributed by atoms with van der Waals surface area (Å²) in [5.74, 6) is -0.0807. The smallest absolute Gasteiger partial charge is 0.110 e. The van der Waals surface area contributed by atoms with Gasteiger partial charge in [0.05, 0.1) is 17.6 Å². The number of nitrogens with one attached hydrogen (secondary N) is 1. The maximum Gasteiger partial charge on any atom is 0.110 e. The summed E-state index contributed by atoms with van der Waals surface area (Å²) in [6.45, 7) is 7.68. The van der Waals surface area contributed by atoms with Gasteiger partial charge in [0.15, 0.2) is 0 Å². The Bertz CT molecular complexity index is 741. The lowest BCUT2D eigenvalue weighted by molar-refractivity contribution is 0.727. The van der Waals surface area contributed by atoms with Gasteiger partial charge in [0.1, 0.15) is 17.0 Å². The molecule has 0 radical (unpaired) electrons. The van der Waals surface area contributed by atoms with Crippen LogP contribution >= 0.6 is 23.1 Å². The van der Waals surface area contributed by atoms with Crippen molar-refractivity contribution in [2.24, 2.45) is 5.92 Å². The third-order valence-electron chi connectivity index (χ3n) is 3.49. The van der Waals surface area contributed by atoms with Gasteiger partial charge in [0.2, 0.25) is 0 Å². The van der Waals surface area contributed by atoms with E-state index in [4.69, 9.17) is 10.5 Å². The molecule has 1 unspecified atom stereocenters. The average molecular weight is 371 g/mol. The Balaban J connectivity index is 3.05. The minimum absolute atomic E-state index is 0.0807. The van der Waals surface area contributed by atoms with Crippen LogP contribution in [0, 0.1) is 39.9 Å². The second kappa shape index (κ2) is 11.5. The summed E-state index contributed by atoms with van der Waals surface area (Å²) in [6, 6.07) is 10.1. The highest BCUT2D eigenvalue weighted by Gasteiger charge is 2.14. The maximum absolute atomic E-state index is 9.51. The van der Waals surface area contributed by atoms with Gasteiger partial charge in [-0.1, -0.05) is 19.9 Å². The van der Waals surface area contributed by atoms with Crippen molar-refractivity contribution in [3.63, 3.8) is 0 Å². The second-order valence-corrected chi connectivity index (χ2v) is 8.03. The molecule has 1 N–H and O–H groups in total. The fourth-order valence-electron chi connectivity index (χ4n) is 1.86. The van der Waals surface area contributed by atoms with Gasteiger partial charge in [0, 0.05) is 21.6 Å². The van der Waals surface area contributed by atoms with Crippen molar-refractivity contribution in [1.29, 1.82) is 15.8 Å². The molecule has 1 rings (SSSR count). The first-order valence-electron chi connectivity index (χ1n) is 8.14. The summed E-state index contributed by atoms with van der Waals surface area (Å²) in [7, 11) is 0. The van der Waals surface area contributed by atoms with Crippen molar-refractivity contribution < 1.29 is 0 Å². The SMILES string of the molecule is CCCNC/C=C(/C=C(\C#N)c1ccc(C#N)s1)S[C@H](C)C(C)C#N. The van der Waals surface area contributed by atoms with Crippen LogP contribution < -0.4 is 5.32 Å². The van der Waals surface area contributed by atoms with E-state index in [9.17, 15) is 5.26 Å². The van der Waals surface area contributed by atoms with Crippen molar-refractivity contribution in [2.45, 2.75) is 32.4 Å². The molecule has 0 saturated heterocycles. The zero-order valence-corrected chi connectivity index (χ0v) is 16.4. The quantitative estimate of drug-likeness (QED) is 0.387. The van der Waals surface area contributed by atoms with Gasteiger partial charge in [-0.2, -0.15) is 15.8 Å². The fraction of sp³-hybridized carbons (Fsp3) is 0.421. The highest BCUT2D eigenvalue weighted by molar-refractivity contribution is 8.03. The second-order valence-electron chi connectivity index (χ2n) is 5.50. The number of allylic oxidation sites excluding steroid dienone is 2. The largest absolute Gasteiger partial charge is 0.313 e. The van der Waals surface area contributed by atoms with Gasteiger partial charge in [-0.15, -0.1) is 23.1 Å². The molecule has 1 aromatic heterocycles. The molecule has 0 aliphatic rings. The zero-order chi connectivity index (χ0) is 18.7. The van der Waals surface area contributed by atoms with Gasteiger partial charge in [0.25, 0.3) is 0 Å². The van der Waals surface area contributed by atoms with E-state index in [1.165, 1.54) is 11.3 Å². The minimum Gasteiger partial charge on any atom is -0.313 e. The third-order valence-corrected chi connectivity index (χ3v) is 5.85. The number of rotatable bonds is 9. The number of hydrogen-bond acceptors (Lipinski definition) is 6. The van der Waals surface area contributed by atoms with Crippen molar-refractivity contribution in [1.82, 2.24) is 5.32 Å². The molecular formula is C19H22N4S2. The first-order valence-corrected chi connectivity index (χ1v) is 9.84.